The molecule has 0 aromatic rings. The smallest absolute Gasteiger partial charge is 0.146 e. The molecule has 0 saturated carbocycles. The molecule has 2 unspecified atom stereocenters. The molecule has 0 fully saturated rings. The number of allylic oxidation sites excluding steroid dienone is 4. The standard InChI is InChI=1S/C7H6Cl2O/c8-6-3-1-2-4-7(6,9)5-10/h1-6H. The van der Waals surface area contributed by atoms with Gasteiger partial charge in [-0.25, -0.2) is 0 Å². The molecule has 1 aliphatic rings. The zero-order valence-electron chi connectivity index (χ0n) is 5.13. The van der Waals surface area contributed by atoms with Gasteiger partial charge in [0.2, 0.25) is 0 Å². The van der Waals surface area contributed by atoms with Crippen LogP contribution in [0.2, 0.25) is 0 Å². The number of carbonyl (C=O) groups excluding carboxylic acids is 1. The van der Waals surface area contributed by atoms with E-state index in [1.807, 2.05) is 0 Å². The minimum absolute atomic E-state index is 0.434. The third kappa shape index (κ3) is 1.25. The molecule has 1 nitrogen and oxygen atoms in total. The van der Waals surface area contributed by atoms with Crippen LogP contribution in [0.15, 0.2) is 24.3 Å². The fourth-order valence-electron chi connectivity index (χ4n) is 0.708. The SMILES string of the molecule is O=CC1(Cl)C=CC=CC1Cl. The van der Waals surface area contributed by atoms with Gasteiger partial charge < -0.3 is 4.79 Å². The Bertz CT molecular complexity index is 198. The molecule has 0 amide bonds. The summed E-state index contributed by atoms with van der Waals surface area (Å²) < 4.78 is 0. The lowest BCUT2D eigenvalue weighted by Crippen LogP contribution is -2.32. The lowest BCUT2D eigenvalue weighted by molar-refractivity contribution is -0.108. The maximum atomic E-state index is 10.4. The average molecular weight is 177 g/mol. The zero-order chi connectivity index (χ0) is 7.61. The Morgan fingerprint density at radius 1 is 1.50 bits per heavy atom. The van der Waals surface area contributed by atoms with E-state index in [-0.39, 0.29) is 0 Å². The van der Waals surface area contributed by atoms with Gasteiger partial charge >= 0.3 is 0 Å². The van der Waals surface area contributed by atoms with E-state index in [0.717, 1.165) is 0 Å². The molecular formula is C7H6Cl2O. The predicted molar refractivity (Wildman–Crippen MR) is 42.6 cm³/mol. The quantitative estimate of drug-likeness (QED) is 0.441. The van der Waals surface area contributed by atoms with Crippen molar-refractivity contribution >= 4 is 29.5 Å². The molecule has 0 aromatic heterocycles. The Labute approximate surface area is 69.3 Å². The number of aldehydes is 1. The van der Waals surface area contributed by atoms with Gasteiger partial charge in [0.15, 0.2) is 0 Å². The molecular weight excluding hydrogens is 171 g/mol. The molecule has 0 N–H and O–H groups in total. The molecule has 0 heterocycles. The second kappa shape index (κ2) is 2.77. The number of carbonyl (C=O) groups is 1. The molecule has 54 valence electrons. The van der Waals surface area contributed by atoms with Crippen molar-refractivity contribution in [2.24, 2.45) is 0 Å². The Balaban J connectivity index is 2.87. The minimum atomic E-state index is -1.03. The van der Waals surface area contributed by atoms with E-state index in [1.165, 1.54) is 0 Å². The van der Waals surface area contributed by atoms with Crippen LogP contribution in [-0.2, 0) is 4.79 Å². The van der Waals surface area contributed by atoms with Gasteiger partial charge in [0.05, 0.1) is 5.38 Å². The summed E-state index contributed by atoms with van der Waals surface area (Å²) >= 11 is 11.5. The van der Waals surface area contributed by atoms with Crippen LogP contribution in [-0.4, -0.2) is 16.5 Å². The fraction of sp³-hybridized carbons (Fsp3) is 0.286. The van der Waals surface area contributed by atoms with Gasteiger partial charge in [-0.15, -0.1) is 23.2 Å². The lowest BCUT2D eigenvalue weighted by atomic mass is 10.0. The Kier molecular flexibility index (Phi) is 2.17. The molecule has 0 radical (unpaired) electrons. The highest BCUT2D eigenvalue weighted by Crippen LogP contribution is 2.27. The fourth-order valence-corrected chi connectivity index (χ4v) is 1.06. The molecule has 3 heteroatoms. The summed E-state index contributed by atoms with van der Waals surface area (Å²) in [5, 5.41) is -0.434. The molecule has 0 saturated heterocycles. The van der Waals surface area contributed by atoms with Gasteiger partial charge in [0.1, 0.15) is 11.2 Å². The van der Waals surface area contributed by atoms with Gasteiger partial charge in [-0.2, -0.15) is 0 Å². The summed E-state index contributed by atoms with van der Waals surface area (Å²) in [7, 11) is 0. The summed E-state index contributed by atoms with van der Waals surface area (Å²) in [6.45, 7) is 0. The van der Waals surface area contributed by atoms with Gasteiger partial charge in [0.25, 0.3) is 0 Å². The molecule has 0 aliphatic heterocycles. The average Bonchev–Trinajstić information content (AvgIpc) is 1.96. The van der Waals surface area contributed by atoms with Crippen LogP contribution in [0.25, 0.3) is 0 Å². The molecule has 0 bridgehead atoms. The van der Waals surface area contributed by atoms with Crippen molar-refractivity contribution in [3.8, 4) is 0 Å². The Morgan fingerprint density at radius 3 is 2.60 bits per heavy atom. The van der Waals surface area contributed by atoms with Gasteiger partial charge in [-0.05, 0) is 0 Å². The van der Waals surface area contributed by atoms with Crippen molar-refractivity contribution in [2.45, 2.75) is 10.3 Å². The second-order valence-corrected chi connectivity index (χ2v) is 3.22. The van der Waals surface area contributed by atoms with Crippen LogP contribution >= 0.6 is 23.2 Å². The number of alkyl halides is 2. The van der Waals surface area contributed by atoms with Crippen molar-refractivity contribution in [3.63, 3.8) is 0 Å². The van der Waals surface area contributed by atoms with Crippen molar-refractivity contribution in [2.75, 3.05) is 0 Å². The van der Waals surface area contributed by atoms with Gasteiger partial charge in [0, 0.05) is 0 Å². The molecule has 0 aromatic carbocycles. The van der Waals surface area contributed by atoms with Gasteiger partial charge in [-0.3, -0.25) is 0 Å². The summed E-state index contributed by atoms with van der Waals surface area (Å²) in [6, 6.07) is 0. The summed E-state index contributed by atoms with van der Waals surface area (Å²) in [5.74, 6) is 0. The monoisotopic (exact) mass is 176 g/mol. The largest absolute Gasteiger partial charge is 0.301 e. The molecule has 1 rings (SSSR count). The van der Waals surface area contributed by atoms with Crippen LogP contribution in [0.5, 0.6) is 0 Å². The minimum Gasteiger partial charge on any atom is -0.301 e. The van der Waals surface area contributed by atoms with E-state index in [2.05, 4.69) is 0 Å². The first-order valence-corrected chi connectivity index (χ1v) is 3.66. The molecule has 10 heavy (non-hydrogen) atoms. The van der Waals surface area contributed by atoms with Gasteiger partial charge in [-0.1, -0.05) is 24.3 Å². The van der Waals surface area contributed by atoms with Crippen molar-refractivity contribution in [3.05, 3.63) is 24.3 Å². The van der Waals surface area contributed by atoms with E-state index in [0.29, 0.717) is 6.29 Å². The summed E-state index contributed by atoms with van der Waals surface area (Å²) in [4.78, 5) is 9.36. The highest BCUT2D eigenvalue weighted by atomic mass is 35.5. The zero-order valence-corrected chi connectivity index (χ0v) is 6.64. The van der Waals surface area contributed by atoms with Crippen LogP contribution in [0.3, 0.4) is 0 Å². The predicted octanol–water partition coefficient (Wildman–Crippen LogP) is 1.90. The molecule has 1 aliphatic carbocycles. The summed E-state index contributed by atoms with van der Waals surface area (Å²) in [6.07, 6.45) is 7.39. The van der Waals surface area contributed by atoms with Crippen LogP contribution in [0.1, 0.15) is 0 Å². The topological polar surface area (TPSA) is 17.1 Å². The first-order chi connectivity index (χ1) is 4.69. The van der Waals surface area contributed by atoms with Crippen LogP contribution in [0.4, 0.5) is 0 Å². The second-order valence-electron chi connectivity index (χ2n) is 2.09. The number of hydrogen-bond acceptors (Lipinski definition) is 1. The van der Waals surface area contributed by atoms with Crippen LogP contribution in [0, 0.1) is 0 Å². The number of rotatable bonds is 1. The lowest BCUT2D eigenvalue weighted by Gasteiger charge is -2.21. The molecule has 0 spiro atoms. The van der Waals surface area contributed by atoms with E-state index in [4.69, 9.17) is 23.2 Å². The Hall–Kier alpha value is -0.270. The van der Waals surface area contributed by atoms with Crippen molar-refractivity contribution in [1.82, 2.24) is 0 Å². The maximum Gasteiger partial charge on any atom is 0.146 e. The maximum absolute atomic E-state index is 10.4. The van der Waals surface area contributed by atoms with Crippen LogP contribution < -0.4 is 0 Å². The number of hydrogen-bond donors (Lipinski definition) is 0. The highest BCUT2D eigenvalue weighted by molar-refractivity contribution is 6.40. The first-order valence-electron chi connectivity index (χ1n) is 2.84. The highest BCUT2D eigenvalue weighted by Gasteiger charge is 2.32. The third-order valence-electron chi connectivity index (χ3n) is 1.35. The number of halogens is 2. The van der Waals surface area contributed by atoms with Crippen molar-refractivity contribution in [1.29, 1.82) is 0 Å². The third-order valence-corrected chi connectivity index (χ3v) is 2.41. The van der Waals surface area contributed by atoms with E-state index >= 15 is 0 Å². The van der Waals surface area contributed by atoms with Crippen molar-refractivity contribution < 1.29 is 4.79 Å². The first kappa shape index (κ1) is 7.83. The molecule has 2 atom stereocenters. The normalized spacial score (nSPS) is 38.0. The van der Waals surface area contributed by atoms with E-state index < -0.39 is 10.3 Å². The summed E-state index contributed by atoms with van der Waals surface area (Å²) in [5.41, 5.74) is 0. The van der Waals surface area contributed by atoms with E-state index in [9.17, 15) is 4.79 Å². The Morgan fingerprint density at radius 2 is 2.20 bits per heavy atom. The van der Waals surface area contributed by atoms with E-state index in [1.54, 1.807) is 24.3 Å².